The number of aromatic nitrogens is 9. The third kappa shape index (κ3) is 4.18. The van der Waals surface area contributed by atoms with Crippen LogP contribution in [-0.4, -0.2) is 80.6 Å². The highest BCUT2D eigenvalue weighted by atomic mass is 16.5. The van der Waals surface area contributed by atoms with E-state index in [1.165, 1.54) is 4.80 Å². The van der Waals surface area contributed by atoms with Crippen LogP contribution in [-0.2, 0) is 11.3 Å². The normalized spacial score (nSPS) is 22.3. The summed E-state index contributed by atoms with van der Waals surface area (Å²) in [6.07, 6.45) is -2.76. The maximum Gasteiger partial charge on any atom is 0.226 e. The molecule has 15 heteroatoms. The monoisotopic (exact) mass is 468 g/mol. The molecule has 7 N–H and O–H groups in total. The zero-order chi connectivity index (χ0) is 23.7. The summed E-state index contributed by atoms with van der Waals surface area (Å²) < 4.78 is 5.85. The minimum atomic E-state index is -1.27. The second kappa shape index (κ2) is 9.12. The van der Waals surface area contributed by atoms with Gasteiger partial charge in [-0.2, -0.15) is 14.8 Å². The molecule has 0 aromatic carbocycles. The number of pyridine rings is 1. The second-order valence-electron chi connectivity index (χ2n) is 7.62. The first-order valence-electron chi connectivity index (χ1n) is 10.7. The zero-order valence-corrected chi connectivity index (χ0v) is 18.2. The number of aliphatic hydroxyl groups is 2. The molecule has 15 nitrogen and oxygen atoms in total. The molecule has 0 spiro atoms. The summed E-state index contributed by atoms with van der Waals surface area (Å²) in [6, 6.07) is 5.61. The third-order valence-electron chi connectivity index (χ3n) is 5.32. The smallest absolute Gasteiger partial charge is 0.226 e. The maximum atomic E-state index is 10.6. The molecule has 5 rings (SSSR count). The van der Waals surface area contributed by atoms with Crippen LogP contribution in [0.25, 0.3) is 11.2 Å². The molecular weight excluding hydrogens is 444 g/mol. The molecule has 1 aliphatic heterocycles. The van der Waals surface area contributed by atoms with Crippen molar-refractivity contribution in [2.45, 2.75) is 37.9 Å². The van der Waals surface area contributed by atoms with E-state index in [0.717, 1.165) is 5.82 Å². The van der Waals surface area contributed by atoms with Gasteiger partial charge in [0.1, 0.15) is 35.5 Å². The minimum Gasteiger partial charge on any atom is -0.387 e. The van der Waals surface area contributed by atoms with Crippen molar-refractivity contribution in [3.63, 3.8) is 0 Å². The van der Waals surface area contributed by atoms with Gasteiger partial charge in [-0.05, 0) is 24.3 Å². The lowest BCUT2D eigenvalue weighted by atomic mass is 10.1. The molecule has 4 aromatic rings. The fraction of sp³-hybridized carbons (Fsp3) is 0.421. The lowest BCUT2D eigenvalue weighted by molar-refractivity contribution is -0.00236. The number of rotatable bonds is 8. The topological polar surface area (TPSA) is 211 Å². The van der Waals surface area contributed by atoms with E-state index in [9.17, 15) is 10.2 Å². The predicted octanol–water partition coefficient (Wildman–Crippen LogP) is -0.605. The molecule has 0 unspecified atom stereocenters. The lowest BCUT2D eigenvalue weighted by Crippen LogP contribution is -2.27. The first-order chi connectivity index (χ1) is 16.5. The van der Waals surface area contributed by atoms with Crippen LogP contribution in [0.15, 0.2) is 24.4 Å². The van der Waals surface area contributed by atoms with E-state index in [4.69, 9.17) is 10.5 Å². The summed E-state index contributed by atoms with van der Waals surface area (Å²) in [5.41, 5.74) is 6.79. The SMILES string of the molecule is CCn1nnc([C@H]2O[C@H](c3nc4nc(NCCNc5ccccn5)nc(N)c4[nH]3)[C@H](O)[C@@H]2O)n1. The number of hydrogen-bond acceptors (Lipinski definition) is 13. The fourth-order valence-corrected chi connectivity index (χ4v) is 3.60. The molecule has 4 atom stereocenters. The average molecular weight is 468 g/mol. The highest BCUT2D eigenvalue weighted by molar-refractivity contribution is 5.82. The van der Waals surface area contributed by atoms with Gasteiger partial charge in [-0.1, -0.05) is 6.07 Å². The number of nitrogens with one attached hydrogen (secondary N) is 3. The van der Waals surface area contributed by atoms with Gasteiger partial charge in [0.05, 0.1) is 6.54 Å². The quantitative estimate of drug-likeness (QED) is 0.178. The van der Waals surface area contributed by atoms with E-state index in [0.29, 0.717) is 36.7 Å². The average Bonchev–Trinajstić information content (AvgIpc) is 3.56. The van der Waals surface area contributed by atoms with E-state index in [1.807, 2.05) is 25.1 Å². The summed E-state index contributed by atoms with van der Waals surface area (Å²) in [5, 5.41) is 39.3. The second-order valence-corrected chi connectivity index (χ2v) is 7.62. The number of imidazole rings is 1. The largest absolute Gasteiger partial charge is 0.387 e. The number of nitrogens with zero attached hydrogens (tertiary/aromatic N) is 8. The van der Waals surface area contributed by atoms with Crippen molar-refractivity contribution >= 4 is 28.7 Å². The van der Waals surface area contributed by atoms with Crippen LogP contribution in [0.1, 0.15) is 30.8 Å². The highest BCUT2D eigenvalue weighted by Gasteiger charge is 2.47. The molecule has 4 aromatic heterocycles. The Morgan fingerprint density at radius 1 is 1.12 bits per heavy atom. The van der Waals surface area contributed by atoms with Gasteiger partial charge >= 0.3 is 0 Å². The molecule has 1 aliphatic rings. The predicted molar refractivity (Wildman–Crippen MR) is 119 cm³/mol. The summed E-state index contributed by atoms with van der Waals surface area (Å²) in [6.45, 7) is 3.47. The van der Waals surface area contributed by atoms with Crippen molar-refractivity contribution in [2.24, 2.45) is 0 Å². The first kappa shape index (κ1) is 21.9. The van der Waals surface area contributed by atoms with Gasteiger partial charge < -0.3 is 36.3 Å². The van der Waals surface area contributed by atoms with E-state index < -0.39 is 24.4 Å². The Balaban J connectivity index is 1.29. The minimum absolute atomic E-state index is 0.178. The molecule has 0 aliphatic carbocycles. The molecule has 34 heavy (non-hydrogen) atoms. The van der Waals surface area contributed by atoms with Gasteiger partial charge in [-0.25, -0.2) is 9.97 Å². The standard InChI is InChI=1S/C19H24N12O3/c1-2-31-29-18(28-30-31)14-12(33)11(32)13(34-14)17-24-10-15(20)25-19(27-16(10)26-17)23-8-7-22-9-5-3-4-6-21-9/h3-6,11-14,32-33H,2,7-8H2,1H3,(H,21,22)(H4,20,23,24,25,26,27)/t11-,12+,13+,14+/m1/s1. The van der Waals surface area contributed by atoms with Crippen LogP contribution >= 0.6 is 0 Å². The van der Waals surface area contributed by atoms with Crippen molar-refractivity contribution in [2.75, 3.05) is 29.5 Å². The highest BCUT2D eigenvalue weighted by Crippen LogP contribution is 2.39. The van der Waals surface area contributed by atoms with E-state index in [1.54, 1.807) is 6.20 Å². The molecule has 0 bridgehead atoms. The molecule has 1 fully saturated rings. The van der Waals surface area contributed by atoms with E-state index in [2.05, 4.69) is 51.0 Å². The van der Waals surface area contributed by atoms with Gasteiger partial charge in [0.25, 0.3) is 0 Å². The van der Waals surface area contributed by atoms with Crippen LogP contribution in [0.2, 0.25) is 0 Å². The number of hydrogen-bond donors (Lipinski definition) is 6. The van der Waals surface area contributed by atoms with Crippen molar-refractivity contribution in [3.05, 3.63) is 36.0 Å². The van der Waals surface area contributed by atoms with Crippen molar-refractivity contribution in [1.82, 2.24) is 45.1 Å². The number of nitrogens with two attached hydrogens (primary N) is 1. The van der Waals surface area contributed by atoms with Crippen LogP contribution in [0.5, 0.6) is 0 Å². The van der Waals surface area contributed by atoms with Crippen LogP contribution in [0.3, 0.4) is 0 Å². The Hall–Kier alpha value is -3.95. The Morgan fingerprint density at radius 3 is 2.71 bits per heavy atom. The third-order valence-corrected chi connectivity index (χ3v) is 5.32. The van der Waals surface area contributed by atoms with Gasteiger partial charge in [0, 0.05) is 19.3 Å². The Labute approximate surface area is 192 Å². The van der Waals surface area contributed by atoms with Crippen molar-refractivity contribution in [3.8, 4) is 0 Å². The van der Waals surface area contributed by atoms with Crippen LogP contribution in [0.4, 0.5) is 17.6 Å². The number of H-pyrrole nitrogens is 1. The Bertz CT molecular complexity index is 1260. The van der Waals surface area contributed by atoms with Crippen LogP contribution < -0.4 is 16.4 Å². The Kier molecular flexibility index (Phi) is 5.87. The zero-order valence-electron chi connectivity index (χ0n) is 18.2. The van der Waals surface area contributed by atoms with Gasteiger partial charge in [-0.3, -0.25) is 0 Å². The molecular formula is C19H24N12O3. The number of fused-ring (bicyclic) bond motifs is 1. The molecule has 0 radical (unpaired) electrons. The number of aryl methyl sites for hydroxylation is 1. The number of aromatic amines is 1. The Morgan fingerprint density at radius 2 is 1.94 bits per heavy atom. The molecule has 0 saturated carbocycles. The molecule has 0 amide bonds. The van der Waals surface area contributed by atoms with Crippen molar-refractivity contribution < 1.29 is 14.9 Å². The first-order valence-corrected chi connectivity index (χ1v) is 10.7. The van der Waals surface area contributed by atoms with Gasteiger partial charge in [0.2, 0.25) is 11.8 Å². The van der Waals surface area contributed by atoms with Gasteiger partial charge in [0.15, 0.2) is 17.6 Å². The maximum absolute atomic E-state index is 10.6. The summed E-state index contributed by atoms with van der Waals surface area (Å²) in [4.78, 5) is 21.6. The molecule has 178 valence electrons. The molecule has 5 heterocycles. The number of anilines is 3. The van der Waals surface area contributed by atoms with E-state index >= 15 is 0 Å². The summed E-state index contributed by atoms with van der Waals surface area (Å²) >= 11 is 0. The molecule has 1 saturated heterocycles. The number of tetrazole rings is 1. The van der Waals surface area contributed by atoms with E-state index in [-0.39, 0.29) is 17.5 Å². The summed E-state index contributed by atoms with van der Waals surface area (Å²) in [5.74, 6) is 1.68. The lowest BCUT2D eigenvalue weighted by Gasteiger charge is -2.11. The number of nitrogen functional groups attached to an aromatic ring is 1. The number of aliphatic hydroxyl groups excluding tert-OH is 2. The fourth-order valence-electron chi connectivity index (χ4n) is 3.60. The van der Waals surface area contributed by atoms with Gasteiger partial charge in [-0.15, -0.1) is 10.2 Å². The summed E-state index contributed by atoms with van der Waals surface area (Å²) in [7, 11) is 0. The van der Waals surface area contributed by atoms with Crippen molar-refractivity contribution in [1.29, 1.82) is 0 Å². The van der Waals surface area contributed by atoms with Crippen LogP contribution in [0, 0.1) is 0 Å². The number of ether oxygens (including phenoxy) is 1.